The molecule has 1 amide bonds. The summed E-state index contributed by atoms with van der Waals surface area (Å²) in [5, 5.41) is 2.72. The number of carbonyl (C=O) groups excluding carboxylic acids is 1. The second-order valence-electron chi connectivity index (χ2n) is 6.63. The molecule has 1 aliphatic rings. The first kappa shape index (κ1) is 17.2. The molecule has 126 valence electrons. The Labute approximate surface area is 138 Å². The fourth-order valence-corrected chi connectivity index (χ4v) is 2.29. The zero-order chi connectivity index (χ0) is 16.7. The van der Waals surface area contributed by atoms with E-state index in [-0.39, 0.29) is 6.09 Å². The highest BCUT2D eigenvalue weighted by molar-refractivity contribution is 5.67. The van der Waals surface area contributed by atoms with E-state index in [1.807, 2.05) is 45.3 Å². The van der Waals surface area contributed by atoms with Crippen LogP contribution in [0.25, 0.3) is 6.08 Å². The predicted octanol–water partition coefficient (Wildman–Crippen LogP) is 3.00. The summed E-state index contributed by atoms with van der Waals surface area (Å²) in [5.74, 6) is 0.811. The smallest absolute Gasteiger partial charge is 0.407 e. The Bertz CT molecular complexity index is 529. The van der Waals surface area contributed by atoms with Crippen molar-refractivity contribution < 1.29 is 9.53 Å². The number of amides is 1. The summed E-state index contributed by atoms with van der Waals surface area (Å²) in [6.07, 6.45) is 10.4. The van der Waals surface area contributed by atoms with Gasteiger partial charge in [-0.3, -0.25) is 0 Å². The Balaban J connectivity index is 1.70. The van der Waals surface area contributed by atoms with Gasteiger partial charge < -0.3 is 15.0 Å². The van der Waals surface area contributed by atoms with E-state index in [4.69, 9.17) is 4.74 Å². The first-order valence-electron chi connectivity index (χ1n) is 8.14. The van der Waals surface area contributed by atoms with Crippen LogP contribution in [0.15, 0.2) is 18.5 Å². The van der Waals surface area contributed by atoms with Gasteiger partial charge in [-0.05, 0) is 40.0 Å². The third-order valence-electron chi connectivity index (χ3n) is 3.34. The highest BCUT2D eigenvalue weighted by atomic mass is 16.6. The molecule has 0 saturated carbocycles. The molecule has 1 fully saturated rings. The lowest BCUT2D eigenvalue weighted by molar-refractivity contribution is 0.0529. The second kappa shape index (κ2) is 7.94. The number of nitrogens with zero attached hydrogens (tertiary/aromatic N) is 3. The van der Waals surface area contributed by atoms with Crippen molar-refractivity contribution in [3.8, 4) is 0 Å². The second-order valence-corrected chi connectivity index (χ2v) is 6.63. The Hall–Kier alpha value is -2.11. The summed E-state index contributed by atoms with van der Waals surface area (Å²) in [6, 6.07) is 0. The fourth-order valence-electron chi connectivity index (χ4n) is 2.29. The molecule has 1 saturated heterocycles. The summed E-state index contributed by atoms with van der Waals surface area (Å²) in [7, 11) is 0. The Morgan fingerprint density at radius 3 is 2.57 bits per heavy atom. The molecule has 0 bridgehead atoms. The topological polar surface area (TPSA) is 67.3 Å². The van der Waals surface area contributed by atoms with Gasteiger partial charge in [-0.25, -0.2) is 14.8 Å². The standard InChI is InChI=1S/C17H26N4O2/c1-17(2,3)23-16(22)18-9-5-4-8-14-12-19-15(20-13-14)21-10-6-7-11-21/h4,8,12-13H,5-7,9-11H2,1-3H3,(H,18,22). The molecular formula is C17H26N4O2. The summed E-state index contributed by atoms with van der Waals surface area (Å²) in [5.41, 5.74) is 0.499. The lowest BCUT2D eigenvalue weighted by Crippen LogP contribution is -2.32. The summed E-state index contributed by atoms with van der Waals surface area (Å²) >= 11 is 0. The van der Waals surface area contributed by atoms with E-state index in [9.17, 15) is 4.79 Å². The highest BCUT2D eigenvalue weighted by Gasteiger charge is 2.15. The van der Waals surface area contributed by atoms with Crippen LogP contribution in [0.3, 0.4) is 0 Å². The van der Waals surface area contributed by atoms with Crippen molar-refractivity contribution in [2.45, 2.75) is 45.6 Å². The molecule has 1 aromatic rings. The van der Waals surface area contributed by atoms with Crippen molar-refractivity contribution >= 4 is 18.1 Å². The van der Waals surface area contributed by atoms with Gasteiger partial charge in [-0.2, -0.15) is 0 Å². The zero-order valence-electron chi connectivity index (χ0n) is 14.2. The fraction of sp³-hybridized carbons (Fsp3) is 0.588. The molecule has 1 aliphatic heterocycles. The zero-order valence-corrected chi connectivity index (χ0v) is 14.2. The molecule has 0 spiro atoms. The van der Waals surface area contributed by atoms with Gasteiger partial charge in [0.1, 0.15) is 5.60 Å². The molecule has 1 aromatic heterocycles. The van der Waals surface area contributed by atoms with Crippen molar-refractivity contribution in [3.63, 3.8) is 0 Å². The molecule has 0 radical (unpaired) electrons. The monoisotopic (exact) mass is 318 g/mol. The molecule has 2 rings (SSSR count). The van der Waals surface area contributed by atoms with E-state index in [0.29, 0.717) is 6.54 Å². The van der Waals surface area contributed by atoms with Crippen molar-refractivity contribution in [1.82, 2.24) is 15.3 Å². The minimum absolute atomic E-state index is 0.385. The maximum Gasteiger partial charge on any atom is 0.407 e. The number of hydrogen-bond donors (Lipinski definition) is 1. The number of aromatic nitrogens is 2. The van der Waals surface area contributed by atoms with Crippen LogP contribution in [0.5, 0.6) is 0 Å². The van der Waals surface area contributed by atoms with Crippen LogP contribution in [0.1, 0.15) is 45.6 Å². The summed E-state index contributed by atoms with van der Waals surface area (Å²) in [4.78, 5) is 22.5. The van der Waals surface area contributed by atoms with E-state index < -0.39 is 5.60 Å². The molecule has 6 nitrogen and oxygen atoms in total. The van der Waals surface area contributed by atoms with Crippen LogP contribution >= 0.6 is 0 Å². The lowest BCUT2D eigenvalue weighted by atomic mass is 10.2. The van der Waals surface area contributed by atoms with Crippen LogP contribution < -0.4 is 10.2 Å². The van der Waals surface area contributed by atoms with E-state index >= 15 is 0 Å². The van der Waals surface area contributed by atoms with Crippen LogP contribution in [0, 0.1) is 0 Å². The summed E-state index contributed by atoms with van der Waals surface area (Å²) < 4.78 is 5.17. The van der Waals surface area contributed by atoms with E-state index in [2.05, 4.69) is 20.2 Å². The molecule has 23 heavy (non-hydrogen) atoms. The minimum atomic E-state index is -0.464. The van der Waals surface area contributed by atoms with Crippen LogP contribution in [0.4, 0.5) is 10.7 Å². The lowest BCUT2D eigenvalue weighted by Gasteiger charge is -2.19. The third kappa shape index (κ3) is 6.26. The van der Waals surface area contributed by atoms with Gasteiger partial charge in [-0.15, -0.1) is 0 Å². The molecule has 2 heterocycles. The Kier molecular flexibility index (Phi) is 5.96. The normalized spacial score (nSPS) is 15.2. The largest absolute Gasteiger partial charge is 0.444 e. The van der Waals surface area contributed by atoms with Gasteiger partial charge in [-0.1, -0.05) is 12.2 Å². The van der Waals surface area contributed by atoms with E-state index in [1.165, 1.54) is 12.8 Å². The summed E-state index contributed by atoms with van der Waals surface area (Å²) in [6.45, 7) is 8.17. The SMILES string of the molecule is CC(C)(C)OC(=O)NCCC=Cc1cnc(N2CCCC2)nc1. The van der Waals surface area contributed by atoms with E-state index in [0.717, 1.165) is 31.0 Å². The van der Waals surface area contributed by atoms with Gasteiger partial charge in [0.2, 0.25) is 5.95 Å². The Morgan fingerprint density at radius 2 is 1.96 bits per heavy atom. The number of rotatable bonds is 5. The van der Waals surface area contributed by atoms with Crippen LogP contribution in [0.2, 0.25) is 0 Å². The van der Waals surface area contributed by atoms with Crippen LogP contribution in [-0.2, 0) is 4.74 Å². The van der Waals surface area contributed by atoms with Gasteiger partial charge in [0, 0.05) is 37.6 Å². The minimum Gasteiger partial charge on any atom is -0.444 e. The van der Waals surface area contributed by atoms with Gasteiger partial charge in [0.15, 0.2) is 0 Å². The Morgan fingerprint density at radius 1 is 1.30 bits per heavy atom. The number of alkyl carbamates (subject to hydrolysis) is 1. The van der Waals surface area contributed by atoms with Crippen LogP contribution in [-0.4, -0.2) is 41.3 Å². The quantitative estimate of drug-likeness (QED) is 0.845. The van der Waals surface area contributed by atoms with Crippen molar-refractivity contribution in [2.24, 2.45) is 0 Å². The third-order valence-corrected chi connectivity index (χ3v) is 3.34. The molecular weight excluding hydrogens is 292 g/mol. The first-order chi connectivity index (χ1) is 10.9. The molecule has 0 aliphatic carbocycles. The first-order valence-corrected chi connectivity index (χ1v) is 8.14. The molecule has 0 atom stereocenters. The number of anilines is 1. The highest BCUT2D eigenvalue weighted by Crippen LogP contribution is 2.15. The van der Waals surface area contributed by atoms with Gasteiger partial charge in [0.25, 0.3) is 0 Å². The van der Waals surface area contributed by atoms with Gasteiger partial charge >= 0.3 is 6.09 Å². The maximum absolute atomic E-state index is 11.5. The average Bonchev–Trinajstić information content (AvgIpc) is 3.00. The van der Waals surface area contributed by atoms with Crippen molar-refractivity contribution in [1.29, 1.82) is 0 Å². The molecule has 0 unspecified atom stereocenters. The average molecular weight is 318 g/mol. The van der Waals surface area contributed by atoms with Gasteiger partial charge in [0.05, 0.1) is 0 Å². The molecule has 1 N–H and O–H groups in total. The molecule has 6 heteroatoms. The van der Waals surface area contributed by atoms with Crippen molar-refractivity contribution in [3.05, 3.63) is 24.0 Å². The number of ether oxygens (including phenoxy) is 1. The van der Waals surface area contributed by atoms with E-state index in [1.54, 1.807) is 0 Å². The molecule has 0 aromatic carbocycles. The number of carbonyl (C=O) groups is 1. The maximum atomic E-state index is 11.5. The predicted molar refractivity (Wildman–Crippen MR) is 91.4 cm³/mol. The number of hydrogen-bond acceptors (Lipinski definition) is 5. The van der Waals surface area contributed by atoms with Crippen molar-refractivity contribution in [2.75, 3.05) is 24.5 Å². The number of nitrogens with one attached hydrogen (secondary N) is 1.